The number of hydrogen-bond acceptors (Lipinski definition) is 3. The Morgan fingerprint density at radius 2 is 1.50 bits per heavy atom. The lowest BCUT2D eigenvalue weighted by Gasteiger charge is -2.13. The summed E-state index contributed by atoms with van der Waals surface area (Å²) in [5, 5.41) is 9.64. The number of unbranched alkanes of at least 4 members (excludes halogenated alkanes) is 9. The van der Waals surface area contributed by atoms with E-state index in [4.69, 9.17) is 9.40 Å². The van der Waals surface area contributed by atoms with Gasteiger partial charge in [-0.15, -0.1) is 0 Å². The first kappa shape index (κ1) is 24.9. The van der Waals surface area contributed by atoms with Gasteiger partial charge in [-0.1, -0.05) is 84.1 Å². The molecule has 3 heteroatoms. The van der Waals surface area contributed by atoms with E-state index in [1.54, 1.807) is 0 Å². The summed E-state index contributed by atoms with van der Waals surface area (Å²) < 4.78 is 6.08. The van der Waals surface area contributed by atoms with Crippen LogP contribution in [0.25, 0.3) is 11.1 Å². The van der Waals surface area contributed by atoms with Crippen LogP contribution in [0.1, 0.15) is 128 Å². The fourth-order valence-corrected chi connectivity index (χ4v) is 4.32. The maximum Gasteiger partial charge on any atom is 0.198 e. The molecule has 0 radical (unpaired) electrons. The van der Waals surface area contributed by atoms with E-state index in [0.717, 1.165) is 49.1 Å². The quantitative estimate of drug-likeness (QED) is 0.264. The predicted molar refractivity (Wildman–Crippen MR) is 128 cm³/mol. The van der Waals surface area contributed by atoms with Crippen molar-refractivity contribution in [3.63, 3.8) is 0 Å². The first-order chi connectivity index (χ1) is 14.6. The van der Waals surface area contributed by atoms with Crippen molar-refractivity contribution in [1.29, 1.82) is 0 Å². The van der Waals surface area contributed by atoms with Crippen LogP contribution in [-0.2, 0) is 6.42 Å². The van der Waals surface area contributed by atoms with Crippen LogP contribution in [0.2, 0.25) is 0 Å². The standard InChI is InChI=1S/C27H45NO2/c1-4-6-7-8-9-10-11-12-13-14-16-23-18-20-26-25(21-23)28-27(30-26)24(15-5-2)19-17-22(3)29/h18,20-22,24,29H,4-17,19H2,1-3H3. The summed E-state index contributed by atoms with van der Waals surface area (Å²) in [7, 11) is 0. The van der Waals surface area contributed by atoms with E-state index >= 15 is 0 Å². The smallest absolute Gasteiger partial charge is 0.198 e. The van der Waals surface area contributed by atoms with Crippen LogP contribution in [0.3, 0.4) is 0 Å². The van der Waals surface area contributed by atoms with Gasteiger partial charge >= 0.3 is 0 Å². The molecule has 2 aromatic rings. The molecular formula is C27H45NO2. The number of hydrogen-bond donors (Lipinski definition) is 1. The van der Waals surface area contributed by atoms with Gasteiger partial charge in [0.1, 0.15) is 5.52 Å². The minimum atomic E-state index is -0.263. The highest BCUT2D eigenvalue weighted by atomic mass is 16.3. The summed E-state index contributed by atoms with van der Waals surface area (Å²) in [4.78, 5) is 4.82. The van der Waals surface area contributed by atoms with E-state index in [2.05, 4.69) is 32.0 Å². The van der Waals surface area contributed by atoms with Crippen molar-refractivity contribution in [3.8, 4) is 0 Å². The normalized spacial score (nSPS) is 13.7. The van der Waals surface area contributed by atoms with Crippen LogP contribution in [0.5, 0.6) is 0 Å². The first-order valence-corrected chi connectivity index (χ1v) is 12.7. The minimum Gasteiger partial charge on any atom is -0.440 e. The molecule has 2 atom stereocenters. The van der Waals surface area contributed by atoms with Gasteiger partial charge in [-0.05, 0) is 56.7 Å². The third-order valence-corrected chi connectivity index (χ3v) is 6.21. The number of oxazole rings is 1. The van der Waals surface area contributed by atoms with Crippen molar-refractivity contribution in [1.82, 2.24) is 4.98 Å². The van der Waals surface area contributed by atoms with Gasteiger partial charge in [0, 0.05) is 5.92 Å². The number of benzene rings is 1. The van der Waals surface area contributed by atoms with Crippen molar-refractivity contribution >= 4 is 11.1 Å². The highest BCUT2D eigenvalue weighted by molar-refractivity contribution is 5.73. The molecule has 3 nitrogen and oxygen atoms in total. The lowest BCUT2D eigenvalue weighted by molar-refractivity contribution is 0.175. The molecule has 2 unspecified atom stereocenters. The number of aliphatic hydroxyl groups excluding tert-OH is 1. The molecule has 0 amide bonds. The van der Waals surface area contributed by atoms with Crippen molar-refractivity contribution in [3.05, 3.63) is 29.7 Å². The highest BCUT2D eigenvalue weighted by Gasteiger charge is 2.18. The second-order valence-electron chi connectivity index (χ2n) is 9.20. The van der Waals surface area contributed by atoms with E-state index < -0.39 is 0 Å². The molecule has 0 saturated heterocycles. The van der Waals surface area contributed by atoms with Crippen LogP contribution in [0.15, 0.2) is 22.6 Å². The maximum atomic E-state index is 9.64. The molecule has 1 aromatic carbocycles. The molecule has 0 saturated carbocycles. The summed E-state index contributed by atoms with van der Waals surface area (Å²) in [6.45, 7) is 6.33. The Hall–Kier alpha value is -1.35. The zero-order chi connectivity index (χ0) is 21.6. The summed E-state index contributed by atoms with van der Waals surface area (Å²) in [5.74, 6) is 1.16. The molecule has 0 bridgehead atoms. The second kappa shape index (κ2) is 14.6. The van der Waals surface area contributed by atoms with Crippen LogP contribution < -0.4 is 0 Å². The Labute approximate surface area is 184 Å². The maximum absolute atomic E-state index is 9.64. The largest absolute Gasteiger partial charge is 0.440 e. The molecule has 0 fully saturated rings. The van der Waals surface area contributed by atoms with Gasteiger partial charge < -0.3 is 9.52 Å². The van der Waals surface area contributed by atoms with Gasteiger partial charge in [0.2, 0.25) is 0 Å². The van der Waals surface area contributed by atoms with Crippen molar-refractivity contribution < 1.29 is 9.52 Å². The van der Waals surface area contributed by atoms with Gasteiger partial charge in [-0.3, -0.25) is 0 Å². The highest BCUT2D eigenvalue weighted by Crippen LogP contribution is 2.30. The van der Waals surface area contributed by atoms with Crippen LogP contribution in [0.4, 0.5) is 0 Å². The number of aryl methyl sites for hydroxylation is 1. The SMILES string of the molecule is CCCCCCCCCCCCc1ccc2oc(C(CCC)CCC(C)O)nc2c1. The average Bonchev–Trinajstić information content (AvgIpc) is 3.15. The number of nitrogens with zero attached hydrogens (tertiary/aromatic N) is 1. The molecule has 0 aliphatic heterocycles. The third-order valence-electron chi connectivity index (χ3n) is 6.21. The first-order valence-electron chi connectivity index (χ1n) is 12.7. The summed E-state index contributed by atoms with van der Waals surface area (Å²) in [6.07, 6.45) is 18.5. The molecule has 2 rings (SSSR count). The number of aliphatic hydroxyl groups is 1. The van der Waals surface area contributed by atoms with Gasteiger partial charge in [0.05, 0.1) is 6.10 Å². The van der Waals surface area contributed by atoms with E-state index in [0.29, 0.717) is 5.92 Å². The Bertz CT molecular complexity index is 691. The summed E-state index contributed by atoms with van der Waals surface area (Å²) in [6, 6.07) is 6.51. The molecular weight excluding hydrogens is 370 g/mol. The van der Waals surface area contributed by atoms with Gasteiger partial charge in [0.25, 0.3) is 0 Å². The Balaban J connectivity index is 1.75. The number of fused-ring (bicyclic) bond motifs is 1. The Morgan fingerprint density at radius 1 is 0.833 bits per heavy atom. The minimum absolute atomic E-state index is 0.263. The fourth-order valence-electron chi connectivity index (χ4n) is 4.32. The van der Waals surface area contributed by atoms with E-state index in [9.17, 15) is 5.11 Å². The van der Waals surface area contributed by atoms with E-state index in [1.165, 1.54) is 69.8 Å². The summed E-state index contributed by atoms with van der Waals surface area (Å²) in [5.41, 5.74) is 3.26. The van der Waals surface area contributed by atoms with Crippen LogP contribution in [-0.4, -0.2) is 16.2 Å². The van der Waals surface area contributed by atoms with Gasteiger partial charge in [-0.2, -0.15) is 0 Å². The van der Waals surface area contributed by atoms with Crippen molar-refractivity contribution in [2.24, 2.45) is 0 Å². The topological polar surface area (TPSA) is 46.3 Å². The lowest BCUT2D eigenvalue weighted by atomic mass is 9.96. The number of aromatic nitrogens is 1. The second-order valence-corrected chi connectivity index (χ2v) is 9.20. The Kier molecular flexibility index (Phi) is 12.1. The Morgan fingerprint density at radius 3 is 2.13 bits per heavy atom. The van der Waals surface area contributed by atoms with Crippen molar-refractivity contribution in [2.45, 2.75) is 129 Å². The third kappa shape index (κ3) is 9.20. The average molecular weight is 416 g/mol. The number of rotatable bonds is 17. The van der Waals surface area contributed by atoms with E-state index in [-0.39, 0.29) is 6.10 Å². The molecule has 1 heterocycles. The zero-order valence-corrected chi connectivity index (χ0v) is 19.8. The molecule has 0 aliphatic carbocycles. The predicted octanol–water partition coefficient (Wildman–Crippen LogP) is 8.34. The molecule has 0 spiro atoms. The van der Waals surface area contributed by atoms with Gasteiger partial charge in [-0.25, -0.2) is 4.98 Å². The molecule has 1 N–H and O–H groups in total. The molecule has 0 aliphatic rings. The fraction of sp³-hybridized carbons (Fsp3) is 0.741. The monoisotopic (exact) mass is 415 g/mol. The van der Waals surface area contributed by atoms with E-state index in [1.807, 2.05) is 6.92 Å². The molecule has 30 heavy (non-hydrogen) atoms. The zero-order valence-electron chi connectivity index (χ0n) is 19.8. The van der Waals surface area contributed by atoms with Crippen LogP contribution in [0, 0.1) is 0 Å². The summed E-state index contributed by atoms with van der Waals surface area (Å²) >= 11 is 0. The van der Waals surface area contributed by atoms with Crippen LogP contribution >= 0.6 is 0 Å². The molecule has 1 aromatic heterocycles. The lowest BCUT2D eigenvalue weighted by Crippen LogP contribution is -2.05. The van der Waals surface area contributed by atoms with Crippen molar-refractivity contribution in [2.75, 3.05) is 0 Å². The van der Waals surface area contributed by atoms with Gasteiger partial charge in [0.15, 0.2) is 11.5 Å². The molecule has 170 valence electrons.